The first-order valence-corrected chi connectivity index (χ1v) is 6.90. The van der Waals surface area contributed by atoms with Gasteiger partial charge in [0.15, 0.2) is 0 Å². The fourth-order valence-corrected chi connectivity index (χ4v) is 1.65. The number of carboxylic acids is 1. The highest BCUT2D eigenvalue weighted by atomic mass is 16.4. The number of carboxylic acid groups (broad SMARTS) is 1. The van der Waals surface area contributed by atoms with E-state index < -0.39 is 5.97 Å². The van der Waals surface area contributed by atoms with E-state index in [1.807, 2.05) is 6.08 Å². The second-order valence-electron chi connectivity index (χ2n) is 4.40. The molecular formula is C16H26O2. The number of aliphatic carboxylic acids is 1. The minimum absolute atomic E-state index is 0.316. The minimum Gasteiger partial charge on any atom is -0.481 e. The summed E-state index contributed by atoms with van der Waals surface area (Å²) < 4.78 is 0. The molecule has 0 fully saturated rings. The summed E-state index contributed by atoms with van der Waals surface area (Å²) in [5.74, 6) is -0.678. The Bertz CT molecular complexity index is 264. The average molecular weight is 250 g/mol. The van der Waals surface area contributed by atoms with E-state index in [1.165, 1.54) is 12.8 Å². The molecule has 0 atom stereocenters. The van der Waals surface area contributed by atoms with Crippen LogP contribution in [-0.2, 0) is 4.79 Å². The van der Waals surface area contributed by atoms with Crippen molar-refractivity contribution in [2.24, 2.45) is 0 Å². The highest BCUT2D eigenvalue weighted by molar-refractivity contribution is 5.66. The lowest BCUT2D eigenvalue weighted by Crippen LogP contribution is -1.93. The molecule has 0 heterocycles. The lowest BCUT2D eigenvalue weighted by atomic mass is 10.1. The van der Waals surface area contributed by atoms with Gasteiger partial charge in [-0.1, -0.05) is 49.6 Å². The maximum Gasteiger partial charge on any atom is 0.303 e. The predicted molar refractivity (Wildman–Crippen MR) is 77.7 cm³/mol. The third-order valence-electron chi connectivity index (χ3n) is 2.67. The number of unbranched alkanes of at least 4 members (excludes halogenated alkanes) is 5. The number of allylic oxidation sites excluding steroid dienone is 5. The van der Waals surface area contributed by atoms with Crippen molar-refractivity contribution in [2.45, 2.75) is 57.8 Å². The van der Waals surface area contributed by atoms with Gasteiger partial charge in [0.05, 0.1) is 0 Å². The van der Waals surface area contributed by atoms with Crippen LogP contribution in [0.2, 0.25) is 0 Å². The minimum atomic E-state index is -0.678. The molecule has 0 radical (unpaired) electrons. The van der Waals surface area contributed by atoms with Gasteiger partial charge >= 0.3 is 5.97 Å². The van der Waals surface area contributed by atoms with Gasteiger partial charge in [0.25, 0.3) is 0 Å². The highest BCUT2D eigenvalue weighted by Gasteiger charge is 1.95. The van der Waals surface area contributed by atoms with Crippen LogP contribution in [0.25, 0.3) is 0 Å². The fraction of sp³-hybridized carbons (Fsp3) is 0.562. The Morgan fingerprint density at radius 1 is 0.889 bits per heavy atom. The molecule has 2 nitrogen and oxygen atoms in total. The van der Waals surface area contributed by atoms with E-state index in [0.717, 1.165) is 38.5 Å². The zero-order valence-electron chi connectivity index (χ0n) is 11.3. The topological polar surface area (TPSA) is 37.3 Å². The molecule has 18 heavy (non-hydrogen) atoms. The zero-order chi connectivity index (χ0) is 13.5. The number of hydrogen-bond acceptors (Lipinski definition) is 1. The highest BCUT2D eigenvalue weighted by Crippen LogP contribution is 2.07. The molecule has 0 bridgehead atoms. The first kappa shape index (κ1) is 16.7. The number of rotatable bonds is 12. The smallest absolute Gasteiger partial charge is 0.303 e. The van der Waals surface area contributed by atoms with Crippen molar-refractivity contribution in [1.29, 1.82) is 0 Å². The van der Waals surface area contributed by atoms with Gasteiger partial charge in [0.2, 0.25) is 0 Å². The van der Waals surface area contributed by atoms with Gasteiger partial charge in [-0.3, -0.25) is 4.79 Å². The normalized spacial score (nSPS) is 11.3. The van der Waals surface area contributed by atoms with Gasteiger partial charge < -0.3 is 5.11 Å². The van der Waals surface area contributed by atoms with E-state index in [-0.39, 0.29) is 0 Å². The standard InChI is InChI=1S/C16H26O2/c1-2-3-4-5-6-7-8-9-10-11-12-13-14-15-16(17)18/h2,4-5,7-8H,1,3,6,9-15H2,(H,17,18)/b5-4-,8-7-. The van der Waals surface area contributed by atoms with Crippen molar-refractivity contribution >= 4 is 5.97 Å². The summed E-state index contributed by atoms with van der Waals surface area (Å²) in [6, 6.07) is 0. The van der Waals surface area contributed by atoms with E-state index in [9.17, 15) is 4.79 Å². The molecule has 0 aliphatic carbocycles. The van der Waals surface area contributed by atoms with Gasteiger partial charge in [0, 0.05) is 6.42 Å². The summed E-state index contributed by atoms with van der Waals surface area (Å²) in [6.45, 7) is 3.66. The lowest BCUT2D eigenvalue weighted by molar-refractivity contribution is -0.137. The Morgan fingerprint density at radius 3 is 2.22 bits per heavy atom. The van der Waals surface area contributed by atoms with Crippen LogP contribution in [0.4, 0.5) is 0 Å². The lowest BCUT2D eigenvalue weighted by Gasteiger charge is -1.98. The van der Waals surface area contributed by atoms with Crippen LogP contribution in [0.15, 0.2) is 37.0 Å². The Labute approximate surface area is 111 Å². The summed E-state index contributed by atoms with van der Waals surface area (Å²) >= 11 is 0. The molecule has 0 saturated heterocycles. The van der Waals surface area contributed by atoms with Gasteiger partial charge in [-0.25, -0.2) is 0 Å². The molecule has 0 saturated carbocycles. The molecule has 0 aromatic rings. The molecule has 102 valence electrons. The van der Waals surface area contributed by atoms with Crippen molar-refractivity contribution < 1.29 is 9.90 Å². The first-order valence-electron chi connectivity index (χ1n) is 6.90. The van der Waals surface area contributed by atoms with E-state index in [2.05, 4.69) is 30.9 Å². The SMILES string of the molecule is C=CC/C=C\C/C=C\CCCCCCCC(=O)O. The van der Waals surface area contributed by atoms with Gasteiger partial charge in [-0.15, -0.1) is 6.58 Å². The maximum atomic E-state index is 10.3. The van der Waals surface area contributed by atoms with Crippen LogP contribution in [0.1, 0.15) is 57.8 Å². The predicted octanol–water partition coefficient (Wildman–Crippen LogP) is 4.88. The largest absolute Gasteiger partial charge is 0.481 e. The fourth-order valence-electron chi connectivity index (χ4n) is 1.65. The Kier molecular flexibility index (Phi) is 12.8. The quantitative estimate of drug-likeness (QED) is 0.396. The van der Waals surface area contributed by atoms with E-state index >= 15 is 0 Å². The van der Waals surface area contributed by atoms with Crippen molar-refractivity contribution in [3.05, 3.63) is 37.0 Å². The van der Waals surface area contributed by atoms with Crippen LogP contribution >= 0.6 is 0 Å². The van der Waals surface area contributed by atoms with Crippen molar-refractivity contribution in [2.75, 3.05) is 0 Å². The van der Waals surface area contributed by atoms with Crippen LogP contribution < -0.4 is 0 Å². The summed E-state index contributed by atoms with van der Waals surface area (Å²) in [7, 11) is 0. The van der Waals surface area contributed by atoms with Gasteiger partial charge in [-0.2, -0.15) is 0 Å². The van der Waals surface area contributed by atoms with Crippen LogP contribution in [-0.4, -0.2) is 11.1 Å². The summed E-state index contributed by atoms with van der Waals surface area (Å²) in [4.78, 5) is 10.3. The third kappa shape index (κ3) is 14.7. The zero-order valence-corrected chi connectivity index (χ0v) is 11.3. The molecule has 0 aliphatic heterocycles. The summed E-state index contributed by atoms with van der Waals surface area (Å²) in [6.07, 6.45) is 19.4. The summed E-state index contributed by atoms with van der Waals surface area (Å²) in [5, 5.41) is 8.47. The summed E-state index contributed by atoms with van der Waals surface area (Å²) in [5.41, 5.74) is 0. The number of carbonyl (C=O) groups is 1. The molecule has 0 amide bonds. The Balaban J connectivity index is 3.17. The third-order valence-corrected chi connectivity index (χ3v) is 2.67. The van der Waals surface area contributed by atoms with Crippen molar-refractivity contribution in [3.63, 3.8) is 0 Å². The first-order chi connectivity index (χ1) is 8.77. The molecule has 0 aromatic heterocycles. The Hall–Kier alpha value is -1.31. The second kappa shape index (κ2) is 13.8. The number of hydrogen-bond donors (Lipinski definition) is 1. The van der Waals surface area contributed by atoms with E-state index in [0.29, 0.717) is 6.42 Å². The van der Waals surface area contributed by atoms with Crippen molar-refractivity contribution in [1.82, 2.24) is 0 Å². The van der Waals surface area contributed by atoms with Gasteiger partial charge in [0.1, 0.15) is 0 Å². The monoisotopic (exact) mass is 250 g/mol. The van der Waals surface area contributed by atoms with Gasteiger partial charge in [-0.05, 0) is 32.1 Å². The molecule has 0 spiro atoms. The second-order valence-corrected chi connectivity index (χ2v) is 4.40. The molecule has 0 unspecified atom stereocenters. The van der Waals surface area contributed by atoms with Crippen LogP contribution in [0.5, 0.6) is 0 Å². The molecule has 0 aromatic carbocycles. The molecule has 2 heteroatoms. The van der Waals surface area contributed by atoms with Crippen molar-refractivity contribution in [3.8, 4) is 0 Å². The Morgan fingerprint density at radius 2 is 1.50 bits per heavy atom. The van der Waals surface area contributed by atoms with Crippen LogP contribution in [0, 0.1) is 0 Å². The molecule has 0 rings (SSSR count). The maximum absolute atomic E-state index is 10.3. The molecular weight excluding hydrogens is 224 g/mol. The van der Waals surface area contributed by atoms with E-state index in [4.69, 9.17) is 5.11 Å². The molecule has 1 N–H and O–H groups in total. The van der Waals surface area contributed by atoms with Crippen LogP contribution in [0.3, 0.4) is 0 Å². The average Bonchev–Trinajstić information content (AvgIpc) is 2.34. The molecule has 0 aliphatic rings. The van der Waals surface area contributed by atoms with E-state index in [1.54, 1.807) is 0 Å².